The molecule has 2 aliphatic rings. The Labute approximate surface area is 227 Å². The molecule has 3 heterocycles. The van der Waals surface area contributed by atoms with Gasteiger partial charge in [0.1, 0.15) is 17.5 Å². The summed E-state index contributed by atoms with van der Waals surface area (Å²) in [5.74, 6) is -0.00108. The molecule has 1 atom stereocenters. The van der Waals surface area contributed by atoms with Crippen LogP contribution >= 0.6 is 0 Å². The first kappa shape index (κ1) is 26.4. The Morgan fingerprint density at radius 3 is 2.44 bits per heavy atom. The summed E-state index contributed by atoms with van der Waals surface area (Å²) in [6, 6.07) is 17.2. The van der Waals surface area contributed by atoms with Crippen LogP contribution in [0.1, 0.15) is 44.7 Å². The predicted molar refractivity (Wildman–Crippen MR) is 144 cm³/mol. The maximum atomic E-state index is 13.9. The lowest BCUT2D eigenvalue weighted by molar-refractivity contribution is -0.128. The molecular weight excluding hydrogens is 496 g/mol. The van der Waals surface area contributed by atoms with Crippen molar-refractivity contribution in [3.05, 3.63) is 95.3 Å². The Hall–Kier alpha value is -4.24. The van der Waals surface area contributed by atoms with E-state index in [4.69, 9.17) is 9.47 Å². The van der Waals surface area contributed by atoms with Crippen LogP contribution in [-0.4, -0.2) is 71.1 Å². The SMILES string of the molecule is COc1ccc(C(=O)N2[C@@H](C(=O)NCc3cccnc3)COC23CCN(C(=O)c2ccccc2C)CC3)cc1. The van der Waals surface area contributed by atoms with Gasteiger partial charge in [0.05, 0.1) is 13.7 Å². The number of nitrogens with zero attached hydrogens (tertiary/aromatic N) is 3. The zero-order valence-corrected chi connectivity index (χ0v) is 22.1. The number of methoxy groups -OCH3 is 1. The number of aryl methyl sites for hydroxylation is 1. The number of pyridine rings is 1. The Morgan fingerprint density at radius 2 is 1.77 bits per heavy atom. The molecule has 1 spiro atoms. The highest BCUT2D eigenvalue weighted by molar-refractivity contribution is 5.99. The van der Waals surface area contributed by atoms with Gasteiger partial charge in [0.15, 0.2) is 0 Å². The number of ether oxygens (including phenoxy) is 2. The van der Waals surface area contributed by atoms with E-state index >= 15 is 0 Å². The third-order valence-electron chi connectivity index (χ3n) is 7.52. The van der Waals surface area contributed by atoms with Crippen molar-refractivity contribution in [2.45, 2.75) is 38.1 Å². The van der Waals surface area contributed by atoms with Crippen molar-refractivity contribution in [3.63, 3.8) is 0 Å². The lowest BCUT2D eigenvalue weighted by atomic mass is 9.95. The number of hydrogen-bond donors (Lipinski definition) is 1. The fraction of sp³-hybridized carbons (Fsp3) is 0.333. The molecule has 3 aromatic rings. The molecule has 202 valence electrons. The molecule has 0 bridgehead atoms. The van der Waals surface area contributed by atoms with E-state index in [0.717, 1.165) is 11.1 Å². The van der Waals surface area contributed by atoms with E-state index in [2.05, 4.69) is 10.3 Å². The van der Waals surface area contributed by atoms with E-state index in [1.807, 2.05) is 37.3 Å². The van der Waals surface area contributed by atoms with Crippen molar-refractivity contribution in [1.29, 1.82) is 0 Å². The van der Waals surface area contributed by atoms with Crippen LogP contribution in [0.4, 0.5) is 0 Å². The third kappa shape index (κ3) is 5.35. The number of piperidine rings is 1. The van der Waals surface area contributed by atoms with E-state index < -0.39 is 11.8 Å². The second-order valence-electron chi connectivity index (χ2n) is 9.86. The largest absolute Gasteiger partial charge is 0.497 e. The standard InChI is InChI=1S/C30H32N4O5/c1-21-6-3-4-8-25(21)29(37)33-16-13-30(14-17-33)34(28(36)23-9-11-24(38-2)12-10-23)26(20-39-30)27(35)32-19-22-7-5-15-31-18-22/h3-12,15,18,26H,13-14,16-17,19-20H2,1-2H3,(H,32,35)/t26-/m1/s1. The molecule has 0 aliphatic carbocycles. The number of hydrogen-bond acceptors (Lipinski definition) is 6. The molecule has 1 N–H and O–H groups in total. The molecule has 2 aromatic carbocycles. The van der Waals surface area contributed by atoms with Crippen LogP contribution < -0.4 is 10.1 Å². The minimum absolute atomic E-state index is 0.0419. The van der Waals surface area contributed by atoms with E-state index in [1.54, 1.807) is 59.6 Å². The Balaban J connectivity index is 1.37. The lowest BCUT2D eigenvalue weighted by Crippen LogP contribution is -2.59. The van der Waals surface area contributed by atoms with Gasteiger partial charge in [-0.1, -0.05) is 24.3 Å². The van der Waals surface area contributed by atoms with E-state index in [0.29, 0.717) is 49.4 Å². The number of likely N-dealkylation sites (tertiary alicyclic amines) is 1. The second-order valence-corrected chi connectivity index (χ2v) is 9.86. The van der Waals surface area contributed by atoms with Crippen LogP contribution in [-0.2, 0) is 16.1 Å². The molecule has 3 amide bonds. The number of aromatic nitrogens is 1. The fourth-order valence-corrected chi connectivity index (χ4v) is 5.29. The average molecular weight is 529 g/mol. The number of nitrogens with one attached hydrogen (secondary N) is 1. The quantitative estimate of drug-likeness (QED) is 0.528. The van der Waals surface area contributed by atoms with E-state index in [1.165, 1.54) is 0 Å². The third-order valence-corrected chi connectivity index (χ3v) is 7.52. The van der Waals surface area contributed by atoms with Gasteiger partial charge in [-0.05, 0) is 54.4 Å². The van der Waals surface area contributed by atoms with Crippen LogP contribution in [0.25, 0.3) is 0 Å². The van der Waals surface area contributed by atoms with Crippen molar-refractivity contribution in [2.24, 2.45) is 0 Å². The highest BCUT2D eigenvalue weighted by Gasteiger charge is 2.54. The summed E-state index contributed by atoms with van der Waals surface area (Å²) in [5, 5.41) is 2.93. The highest BCUT2D eigenvalue weighted by atomic mass is 16.5. The molecule has 39 heavy (non-hydrogen) atoms. The van der Waals surface area contributed by atoms with Crippen LogP contribution in [0.15, 0.2) is 73.1 Å². The van der Waals surface area contributed by atoms with Crippen LogP contribution in [0.3, 0.4) is 0 Å². The molecule has 0 radical (unpaired) electrons. The Bertz CT molecular complexity index is 1340. The minimum atomic E-state index is -0.990. The molecule has 2 aliphatic heterocycles. The van der Waals surface area contributed by atoms with Gasteiger partial charge in [0.2, 0.25) is 5.91 Å². The van der Waals surface area contributed by atoms with Crippen LogP contribution in [0.2, 0.25) is 0 Å². The molecule has 5 rings (SSSR count). The monoisotopic (exact) mass is 528 g/mol. The molecule has 9 nitrogen and oxygen atoms in total. The molecule has 1 aromatic heterocycles. The van der Waals surface area contributed by atoms with Gasteiger partial charge >= 0.3 is 0 Å². The Morgan fingerprint density at radius 1 is 1.03 bits per heavy atom. The Kier molecular flexibility index (Phi) is 7.60. The van der Waals surface area contributed by atoms with E-state index in [9.17, 15) is 14.4 Å². The van der Waals surface area contributed by atoms with Crippen molar-refractivity contribution < 1.29 is 23.9 Å². The smallest absolute Gasteiger partial charge is 0.256 e. The summed E-state index contributed by atoms with van der Waals surface area (Å²) in [6.45, 7) is 3.10. The summed E-state index contributed by atoms with van der Waals surface area (Å²) < 4.78 is 11.5. The summed E-state index contributed by atoms with van der Waals surface area (Å²) in [7, 11) is 1.56. The summed E-state index contributed by atoms with van der Waals surface area (Å²) in [5.41, 5.74) is 1.89. The molecule has 0 unspecified atom stereocenters. The maximum Gasteiger partial charge on any atom is 0.256 e. The van der Waals surface area contributed by atoms with Crippen LogP contribution in [0, 0.1) is 6.92 Å². The van der Waals surface area contributed by atoms with Gasteiger partial charge in [-0.15, -0.1) is 0 Å². The van der Waals surface area contributed by atoms with Crippen molar-refractivity contribution in [3.8, 4) is 5.75 Å². The fourth-order valence-electron chi connectivity index (χ4n) is 5.29. The van der Waals surface area contributed by atoms with Gasteiger partial charge in [-0.25, -0.2) is 0 Å². The van der Waals surface area contributed by atoms with Crippen molar-refractivity contribution in [1.82, 2.24) is 20.1 Å². The topological polar surface area (TPSA) is 101 Å². The van der Waals surface area contributed by atoms with Gasteiger partial charge in [-0.3, -0.25) is 24.3 Å². The zero-order chi connectivity index (χ0) is 27.4. The number of rotatable bonds is 6. The van der Waals surface area contributed by atoms with Crippen molar-refractivity contribution in [2.75, 3.05) is 26.8 Å². The molecule has 0 saturated carbocycles. The summed E-state index contributed by atoms with van der Waals surface area (Å²) in [4.78, 5) is 48.0. The first-order valence-electron chi connectivity index (χ1n) is 13.0. The van der Waals surface area contributed by atoms with E-state index in [-0.39, 0.29) is 24.3 Å². The van der Waals surface area contributed by atoms with Gasteiger partial charge in [-0.2, -0.15) is 0 Å². The average Bonchev–Trinajstić information content (AvgIpc) is 3.34. The second kappa shape index (κ2) is 11.2. The maximum absolute atomic E-state index is 13.9. The number of carbonyl (C=O) groups excluding carboxylic acids is 3. The molecule has 2 fully saturated rings. The minimum Gasteiger partial charge on any atom is -0.497 e. The highest BCUT2D eigenvalue weighted by Crippen LogP contribution is 2.39. The zero-order valence-electron chi connectivity index (χ0n) is 22.1. The normalized spacial score (nSPS) is 18.2. The summed E-state index contributed by atoms with van der Waals surface area (Å²) >= 11 is 0. The number of benzene rings is 2. The van der Waals surface area contributed by atoms with Crippen LogP contribution in [0.5, 0.6) is 5.75 Å². The van der Waals surface area contributed by atoms with Crippen molar-refractivity contribution >= 4 is 17.7 Å². The first-order valence-corrected chi connectivity index (χ1v) is 13.0. The van der Waals surface area contributed by atoms with Gasteiger partial charge in [0.25, 0.3) is 11.8 Å². The lowest BCUT2D eigenvalue weighted by Gasteiger charge is -2.44. The predicted octanol–water partition coefficient (Wildman–Crippen LogP) is 3.19. The van der Waals surface area contributed by atoms with Gasteiger partial charge in [0, 0.05) is 56.0 Å². The molecular formula is C30H32N4O5. The number of carbonyl (C=O) groups is 3. The molecule has 2 saturated heterocycles. The molecule has 9 heteroatoms. The first-order chi connectivity index (χ1) is 18.9. The summed E-state index contributed by atoms with van der Waals surface area (Å²) in [6.07, 6.45) is 4.16. The van der Waals surface area contributed by atoms with Gasteiger partial charge < -0.3 is 19.7 Å². The number of amides is 3.